The molecule has 0 bridgehead atoms. The molecular weight excluding hydrogens is 316 g/mol. The molecule has 1 aliphatic rings. The minimum Gasteiger partial charge on any atom is -0.340 e. The second-order valence-electron chi connectivity index (χ2n) is 4.60. The zero-order chi connectivity index (χ0) is 13.1. The SMILES string of the molecule is CN1CCN(C(=O)Cc2cc(Br)ccc2Cl)CC1. The third kappa shape index (κ3) is 3.46. The summed E-state index contributed by atoms with van der Waals surface area (Å²) >= 11 is 9.50. The number of rotatable bonds is 2. The van der Waals surface area contributed by atoms with Gasteiger partial charge in [0.05, 0.1) is 6.42 Å². The number of piperazine rings is 1. The Hall–Kier alpha value is -0.580. The first-order valence-electron chi connectivity index (χ1n) is 5.96. The van der Waals surface area contributed by atoms with Crippen molar-refractivity contribution in [3.05, 3.63) is 33.3 Å². The lowest BCUT2D eigenvalue weighted by atomic mass is 10.1. The van der Waals surface area contributed by atoms with Gasteiger partial charge < -0.3 is 9.80 Å². The third-order valence-electron chi connectivity index (χ3n) is 3.21. The van der Waals surface area contributed by atoms with Crippen LogP contribution in [0.2, 0.25) is 5.02 Å². The zero-order valence-electron chi connectivity index (χ0n) is 10.3. The van der Waals surface area contributed by atoms with Gasteiger partial charge in [-0.3, -0.25) is 4.79 Å². The normalized spacial score (nSPS) is 16.9. The fourth-order valence-corrected chi connectivity index (χ4v) is 2.60. The summed E-state index contributed by atoms with van der Waals surface area (Å²) in [6.45, 7) is 3.50. The zero-order valence-corrected chi connectivity index (χ0v) is 12.7. The predicted molar refractivity (Wildman–Crippen MR) is 76.9 cm³/mol. The molecule has 0 atom stereocenters. The summed E-state index contributed by atoms with van der Waals surface area (Å²) in [6, 6.07) is 5.61. The van der Waals surface area contributed by atoms with E-state index in [2.05, 4.69) is 27.9 Å². The van der Waals surface area contributed by atoms with Crippen molar-refractivity contribution < 1.29 is 4.79 Å². The van der Waals surface area contributed by atoms with E-state index >= 15 is 0 Å². The van der Waals surface area contributed by atoms with Crippen LogP contribution < -0.4 is 0 Å². The predicted octanol–water partition coefficient (Wildman–Crippen LogP) is 2.42. The van der Waals surface area contributed by atoms with Gasteiger partial charge in [0.15, 0.2) is 0 Å². The molecule has 2 rings (SSSR count). The lowest BCUT2D eigenvalue weighted by Crippen LogP contribution is -2.47. The van der Waals surface area contributed by atoms with Gasteiger partial charge in [0.2, 0.25) is 5.91 Å². The molecule has 5 heteroatoms. The van der Waals surface area contributed by atoms with E-state index in [1.165, 1.54) is 0 Å². The van der Waals surface area contributed by atoms with Gasteiger partial charge in [0.25, 0.3) is 0 Å². The summed E-state index contributed by atoms with van der Waals surface area (Å²) < 4.78 is 0.952. The Labute approximate surface area is 121 Å². The molecule has 1 aromatic rings. The number of benzene rings is 1. The highest BCUT2D eigenvalue weighted by Crippen LogP contribution is 2.22. The first kappa shape index (κ1) is 13.8. The summed E-state index contributed by atoms with van der Waals surface area (Å²) in [4.78, 5) is 16.3. The molecule has 0 radical (unpaired) electrons. The average Bonchev–Trinajstić information content (AvgIpc) is 2.34. The van der Waals surface area contributed by atoms with Gasteiger partial charge >= 0.3 is 0 Å². The molecule has 0 aromatic heterocycles. The number of hydrogen-bond acceptors (Lipinski definition) is 2. The molecule has 1 aliphatic heterocycles. The fourth-order valence-electron chi connectivity index (χ4n) is 2.01. The number of likely N-dealkylation sites (N-methyl/N-ethyl adjacent to an activating group) is 1. The smallest absolute Gasteiger partial charge is 0.227 e. The van der Waals surface area contributed by atoms with Crippen molar-refractivity contribution in [1.29, 1.82) is 0 Å². The molecule has 1 heterocycles. The third-order valence-corrected chi connectivity index (χ3v) is 4.07. The van der Waals surface area contributed by atoms with Gasteiger partial charge in [0, 0.05) is 35.7 Å². The van der Waals surface area contributed by atoms with Gasteiger partial charge in [0.1, 0.15) is 0 Å². The lowest BCUT2D eigenvalue weighted by Gasteiger charge is -2.32. The van der Waals surface area contributed by atoms with Crippen molar-refractivity contribution in [2.45, 2.75) is 6.42 Å². The molecule has 1 fully saturated rings. The van der Waals surface area contributed by atoms with Crippen molar-refractivity contribution in [2.24, 2.45) is 0 Å². The number of carbonyl (C=O) groups is 1. The molecular formula is C13H16BrClN2O. The minimum atomic E-state index is 0.156. The average molecular weight is 332 g/mol. The monoisotopic (exact) mass is 330 g/mol. The molecule has 1 saturated heterocycles. The van der Waals surface area contributed by atoms with Crippen LogP contribution in [0.3, 0.4) is 0 Å². The van der Waals surface area contributed by atoms with Crippen LogP contribution in [0.25, 0.3) is 0 Å². The maximum atomic E-state index is 12.2. The first-order valence-corrected chi connectivity index (χ1v) is 7.13. The van der Waals surface area contributed by atoms with Crippen LogP contribution in [-0.2, 0) is 11.2 Å². The van der Waals surface area contributed by atoms with E-state index in [-0.39, 0.29) is 5.91 Å². The second-order valence-corrected chi connectivity index (χ2v) is 5.92. The van der Waals surface area contributed by atoms with Crippen LogP contribution in [0.1, 0.15) is 5.56 Å². The van der Waals surface area contributed by atoms with Crippen molar-refractivity contribution >= 4 is 33.4 Å². The molecule has 0 spiro atoms. The van der Waals surface area contributed by atoms with Gasteiger partial charge in [-0.05, 0) is 30.8 Å². The topological polar surface area (TPSA) is 23.6 Å². The maximum Gasteiger partial charge on any atom is 0.227 e. The van der Waals surface area contributed by atoms with Gasteiger partial charge in [-0.15, -0.1) is 0 Å². The van der Waals surface area contributed by atoms with Crippen molar-refractivity contribution in [3.63, 3.8) is 0 Å². The number of carbonyl (C=O) groups excluding carboxylic acids is 1. The van der Waals surface area contributed by atoms with Gasteiger partial charge in [-0.1, -0.05) is 27.5 Å². The summed E-state index contributed by atoms with van der Waals surface area (Å²) in [5.74, 6) is 0.156. The van der Waals surface area contributed by atoms with Crippen LogP contribution in [0.4, 0.5) is 0 Å². The first-order chi connectivity index (χ1) is 8.56. The van der Waals surface area contributed by atoms with E-state index in [9.17, 15) is 4.79 Å². The lowest BCUT2D eigenvalue weighted by molar-refractivity contribution is -0.132. The van der Waals surface area contributed by atoms with Crippen molar-refractivity contribution in [2.75, 3.05) is 33.2 Å². The summed E-state index contributed by atoms with van der Waals surface area (Å²) in [5, 5.41) is 0.653. The Morgan fingerprint density at radius 2 is 2.00 bits per heavy atom. The highest BCUT2D eigenvalue weighted by Gasteiger charge is 2.19. The standard InChI is InChI=1S/C13H16BrClN2O/c1-16-4-6-17(7-5-16)13(18)9-10-8-11(14)2-3-12(10)15/h2-3,8H,4-7,9H2,1H3. The quantitative estimate of drug-likeness (QED) is 0.831. The highest BCUT2D eigenvalue weighted by atomic mass is 79.9. The Morgan fingerprint density at radius 3 is 2.67 bits per heavy atom. The molecule has 18 heavy (non-hydrogen) atoms. The second kappa shape index (κ2) is 6.04. The minimum absolute atomic E-state index is 0.156. The number of halogens is 2. The van der Waals surface area contributed by atoms with Crippen molar-refractivity contribution in [3.8, 4) is 0 Å². The Balaban J connectivity index is 2.00. The molecule has 0 aliphatic carbocycles. The van der Waals surface area contributed by atoms with E-state index < -0.39 is 0 Å². The Bertz CT molecular complexity index is 445. The van der Waals surface area contributed by atoms with Crippen LogP contribution in [0, 0.1) is 0 Å². The van der Waals surface area contributed by atoms with Crippen LogP contribution >= 0.6 is 27.5 Å². The Morgan fingerprint density at radius 1 is 1.33 bits per heavy atom. The maximum absolute atomic E-state index is 12.2. The molecule has 0 unspecified atom stereocenters. The summed E-state index contributed by atoms with van der Waals surface area (Å²) in [6.07, 6.45) is 0.377. The van der Waals surface area contributed by atoms with E-state index in [0.717, 1.165) is 36.2 Å². The van der Waals surface area contributed by atoms with Crippen molar-refractivity contribution in [1.82, 2.24) is 9.80 Å². The highest BCUT2D eigenvalue weighted by molar-refractivity contribution is 9.10. The van der Waals surface area contributed by atoms with E-state index in [4.69, 9.17) is 11.6 Å². The van der Waals surface area contributed by atoms with Crippen LogP contribution in [-0.4, -0.2) is 48.9 Å². The molecule has 3 nitrogen and oxygen atoms in total. The van der Waals surface area contributed by atoms with E-state index in [0.29, 0.717) is 11.4 Å². The molecule has 1 amide bonds. The number of hydrogen-bond donors (Lipinski definition) is 0. The van der Waals surface area contributed by atoms with E-state index in [1.807, 2.05) is 23.1 Å². The van der Waals surface area contributed by atoms with Crippen LogP contribution in [0.15, 0.2) is 22.7 Å². The molecule has 0 N–H and O–H groups in total. The number of amides is 1. The summed E-state index contributed by atoms with van der Waals surface area (Å²) in [7, 11) is 2.08. The Kier molecular flexibility index (Phi) is 4.65. The molecule has 98 valence electrons. The van der Waals surface area contributed by atoms with E-state index in [1.54, 1.807) is 0 Å². The molecule has 1 aromatic carbocycles. The van der Waals surface area contributed by atoms with Gasteiger partial charge in [-0.25, -0.2) is 0 Å². The fraction of sp³-hybridized carbons (Fsp3) is 0.462. The van der Waals surface area contributed by atoms with Crippen LogP contribution in [0.5, 0.6) is 0 Å². The number of nitrogens with zero attached hydrogens (tertiary/aromatic N) is 2. The largest absolute Gasteiger partial charge is 0.340 e. The summed E-state index contributed by atoms with van der Waals surface area (Å²) in [5.41, 5.74) is 0.884. The molecule has 0 saturated carbocycles. The van der Waals surface area contributed by atoms with Gasteiger partial charge in [-0.2, -0.15) is 0 Å².